The van der Waals surface area contributed by atoms with Crippen LogP contribution >= 0.6 is 11.6 Å². The molecule has 0 spiro atoms. The lowest BCUT2D eigenvalue weighted by Crippen LogP contribution is -2.39. The van der Waals surface area contributed by atoms with Crippen LogP contribution in [-0.2, 0) is 11.3 Å². The van der Waals surface area contributed by atoms with Crippen molar-refractivity contribution in [2.75, 3.05) is 33.8 Å². The van der Waals surface area contributed by atoms with Gasteiger partial charge in [0.05, 0.1) is 12.2 Å². The monoisotopic (exact) mass is 487 g/mol. The molecule has 34 heavy (non-hydrogen) atoms. The lowest BCUT2D eigenvalue weighted by Gasteiger charge is -2.32. The molecule has 1 fully saturated rings. The number of amides is 2. The van der Waals surface area contributed by atoms with Crippen LogP contribution in [0.1, 0.15) is 48.5 Å². The molecule has 0 aliphatic carbocycles. The Balaban J connectivity index is 1.34. The van der Waals surface area contributed by atoms with Crippen LogP contribution in [0.15, 0.2) is 42.5 Å². The van der Waals surface area contributed by atoms with Crippen molar-refractivity contribution in [1.82, 2.24) is 14.8 Å². The van der Waals surface area contributed by atoms with Crippen LogP contribution in [0.4, 0.5) is 4.79 Å². The molecule has 8 heteroatoms. The van der Waals surface area contributed by atoms with Crippen molar-refractivity contribution < 1.29 is 19.1 Å². The summed E-state index contributed by atoms with van der Waals surface area (Å²) in [7, 11) is 3.35. The number of benzene rings is 1. The van der Waals surface area contributed by atoms with Crippen LogP contribution in [0.3, 0.4) is 0 Å². The fraction of sp³-hybridized carbons (Fsp3) is 0.500. The van der Waals surface area contributed by atoms with E-state index >= 15 is 0 Å². The van der Waals surface area contributed by atoms with E-state index in [4.69, 9.17) is 21.1 Å². The third-order valence-corrected chi connectivity index (χ3v) is 6.42. The topological polar surface area (TPSA) is 72.0 Å². The van der Waals surface area contributed by atoms with E-state index in [1.807, 2.05) is 35.2 Å². The standard InChI is InChI=1S/C26H34ClN3O4/c1-19(13-16-33-23-10-9-22(24(27)28-23)25(31)29(2)3)17-20-11-14-30(15-12-20)26(32)34-18-21-7-5-4-6-8-21/h4-10,19-20H,11-18H2,1-3H3/t19-/m0/s1. The molecule has 0 N–H and O–H groups in total. The number of aromatic nitrogens is 1. The number of carbonyl (C=O) groups is 2. The molecule has 1 aromatic carbocycles. The average Bonchev–Trinajstić information content (AvgIpc) is 2.83. The second kappa shape index (κ2) is 12.6. The van der Waals surface area contributed by atoms with E-state index in [2.05, 4.69) is 11.9 Å². The summed E-state index contributed by atoms with van der Waals surface area (Å²) < 4.78 is 11.2. The van der Waals surface area contributed by atoms with Crippen molar-refractivity contribution in [1.29, 1.82) is 0 Å². The minimum absolute atomic E-state index is 0.151. The molecule has 1 aliphatic rings. The molecule has 0 unspecified atom stereocenters. The smallest absolute Gasteiger partial charge is 0.410 e. The lowest BCUT2D eigenvalue weighted by atomic mass is 9.87. The third kappa shape index (κ3) is 7.62. The van der Waals surface area contributed by atoms with Gasteiger partial charge in [-0.2, -0.15) is 0 Å². The Hall–Kier alpha value is -2.80. The number of piperidine rings is 1. The highest BCUT2D eigenvalue weighted by atomic mass is 35.5. The normalized spacial score (nSPS) is 15.0. The van der Waals surface area contributed by atoms with Crippen molar-refractivity contribution in [3.63, 3.8) is 0 Å². The quantitative estimate of drug-likeness (QED) is 0.450. The Labute approximate surface area is 207 Å². The van der Waals surface area contributed by atoms with Crippen molar-refractivity contribution in [3.05, 3.63) is 58.7 Å². The zero-order valence-corrected chi connectivity index (χ0v) is 21.0. The molecule has 1 saturated heterocycles. The number of halogens is 1. The SMILES string of the molecule is C[C@@H](CCOc1ccc(C(=O)N(C)C)c(Cl)n1)CC1CCN(C(=O)OCc2ccccc2)CC1. The number of hydrogen-bond donors (Lipinski definition) is 0. The van der Waals surface area contributed by atoms with Crippen molar-refractivity contribution >= 4 is 23.6 Å². The summed E-state index contributed by atoms with van der Waals surface area (Å²) in [4.78, 5) is 31.9. The molecular weight excluding hydrogens is 454 g/mol. The fourth-order valence-corrected chi connectivity index (χ4v) is 4.34. The first-order valence-corrected chi connectivity index (χ1v) is 12.2. The van der Waals surface area contributed by atoms with Crippen LogP contribution in [0.25, 0.3) is 0 Å². The molecule has 0 bridgehead atoms. The van der Waals surface area contributed by atoms with Gasteiger partial charge in [0.1, 0.15) is 11.8 Å². The second-order valence-corrected chi connectivity index (χ2v) is 9.49. The number of pyridine rings is 1. The number of likely N-dealkylation sites (tertiary alicyclic amines) is 1. The van der Waals surface area contributed by atoms with Crippen LogP contribution in [-0.4, -0.2) is 60.6 Å². The summed E-state index contributed by atoms with van der Waals surface area (Å²) in [6.45, 7) is 4.55. The van der Waals surface area contributed by atoms with Gasteiger partial charge < -0.3 is 19.3 Å². The zero-order valence-electron chi connectivity index (χ0n) is 20.2. The third-order valence-electron chi connectivity index (χ3n) is 6.13. The first-order valence-electron chi connectivity index (χ1n) is 11.8. The van der Waals surface area contributed by atoms with Gasteiger partial charge in [0.2, 0.25) is 5.88 Å². The zero-order chi connectivity index (χ0) is 24.5. The van der Waals surface area contributed by atoms with E-state index in [1.54, 1.807) is 26.2 Å². The minimum atomic E-state index is -0.229. The summed E-state index contributed by atoms with van der Waals surface area (Å²) in [6.07, 6.45) is 3.75. The van der Waals surface area contributed by atoms with Gasteiger partial charge in [-0.3, -0.25) is 4.79 Å². The molecule has 1 atom stereocenters. The van der Waals surface area contributed by atoms with Gasteiger partial charge >= 0.3 is 6.09 Å². The average molecular weight is 488 g/mol. The molecule has 2 aromatic rings. The minimum Gasteiger partial charge on any atom is -0.478 e. The molecule has 7 nitrogen and oxygen atoms in total. The van der Waals surface area contributed by atoms with Gasteiger partial charge in [-0.25, -0.2) is 9.78 Å². The van der Waals surface area contributed by atoms with Crippen LogP contribution in [0.2, 0.25) is 5.15 Å². The Kier molecular flexibility index (Phi) is 9.57. The molecule has 184 valence electrons. The Morgan fingerprint density at radius 3 is 2.50 bits per heavy atom. The van der Waals surface area contributed by atoms with E-state index < -0.39 is 0 Å². The summed E-state index contributed by atoms with van der Waals surface area (Å²) in [5.74, 6) is 1.33. The van der Waals surface area contributed by atoms with Gasteiger partial charge in [-0.15, -0.1) is 0 Å². The van der Waals surface area contributed by atoms with Gasteiger partial charge in [-0.05, 0) is 49.1 Å². The molecule has 1 aliphatic heterocycles. The highest BCUT2D eigenvalue weighted by Gasteiger charge is 2.25. The van der Waals surface area contributed by atoms with Crippen molar-refractivity contribution in [2.24, 2.45) is 11.8 Å². The molecule has 3 rings (SSSR count). The van der Waals surface area contributed by atoms with Gasteiger partial charge in [0, 0.05) is 33.3 Å². The summed E-state index contributed by atoms with van der Waals surface area (Å²) in [6, 6.07) is 13.1. The highest BCUT2D eigenvalue weighted by molar-refractivity contribution is 6.32. The fourth-order valence-electron chi connectivity index (χ4n) is 4.11. The van der Waals surface area contributed by atoms with E-state index in [0.29, 0.717) is 36.5 Å². The molecule has 1 aromatic heterocycles. The van der Waals surface area contributed by atoms with E-state index in [-0.39, 0.29) is 17.2 Å². The molecule has 2 heterocycles. The van der Waals surface area contributed by atoms with Gasteiger partial charge in [-0.1, -0.05) is 48.9 Å². The Morgan fingerprint density at radius 2 is 1.85 bits per heavy atom. The highest BCUT2D eigenvalue weighted by Crippen LogP contribution is 2.26. The van der Waals surface area contributed by atoms with Gasteiger partial charge in [0.25, 0.3) is 5.91 Å². The maximum Gasteiger partial charge on any atom is 0.410 e. The predicted molar refractivity (Wildman–Crippen MR) is 132 cm³/mol. The Morgan fingerprint density at radius 1 is 1.15 bits per heavy atom. The second-order valence-electron chi connectivity index (χ2n) is 9.14. The molecule has 2 amide bonds. The number of rotatable bonds is 9. The van der Waals surface area contributed by atoms with Crippen LogP contribution in [0.5, 0.6) is 5.88 Å². The first-order chi connectivity index (χ1) is 16.3. The predicted octanol–water partition coefficient (Wildman–Crippen LogP) is 5.28. The van der Waals surface area contributed by atoms with E-state index in [1.165, 1.54) is 4.90 Å². The molecule has 0 saturated carbocycles. The number of carbonyl (C=O) groups excluding carboxylic acids is 2. The first kappa shape index (κ1) is 25.8. The summed E-state index contributed by atoms with van der Waals surface area (Å²) >= 11 is 6.15. The molecular formula is C26H34ClN3O4. The van der Waals surface area contributed by atoms with E-state index in [9.17, 15) is 9.59 Å². The lowest BCUT2D eigenvalue weighted by molar-refractivity contribution is 0.0795. The molecule has 0 radical (unpaired) electrons. The maximum atomic E-state index is 12.3. The number of hydrogen-bond acceptors (Lipinski definition) is 5. The van der Waals surface area contributed by atoms with Gasteiger partial charge in [0.15, 0.2) is 0 Å². The van der Waals surface area contributed by atoms with Crippen LogP contribution < -0.4 is 4.74 Å². The van der Waals surface area contributed by atoms with Crippen molar-refractivity contribution in [2.45, 2.75) is 39.2 Å². The summed E-state index contributed by atoms with van der Waals surface area (Å²) in [5, 5.41) is 0.151. The Bertz CT molecular complexity index is 946. The number of nitrogens with zero attached hydrogens (tertiary/aromatic N) is 3. The maximum absolute atomic E-state index is 12.3. The summed E-state index contributed by atoms with van der Waals surface area (Å²) in [5.41, 5.74) is 1.36. The van der Waals surface area contributed by atoms with E-state index in [0.717, 1.165) is 44.3 Å². The number of ether oxygens (including phenoxy) is 2. The van der Waals surface area contributed by atoms with Crippen molar-refractivity contribution in [3.8, 4) is 5.88 Å². The van der Waals surface area contributed by atoms with Crippen LogP contribution in [0, 0.1) is 11.8 Å². The largest absolute Gasteiger partial charge is 0.478 e.